The number of amides is 1. The fraction of sp³-hybridized carbons (Fsp3) is 0.308. The van der Waals surface area contributed by atoms with Gasteiger partial charge in [-0.15, -0.1) is 0 Å². The third kappa shape index (κ3) is 3.66. The number of hydrogen-bond acceptors (Lipinski definition) is 6. The van der Waals surface area contributed by atoms with Crippen LogP contribution in [0.1, 0.15) is 35.5 Å². The van der Waals surface area contributed by atoms with E-state index in [-0.39, 0.29) is 11.1 Å². The molecule has 0 aromatic carbocycles. The van der Waals surface area contributed by atoms with Crippen LogP contribution in [-0.4, -0.2) is 30.5 Å². The molecule has 112 valence electrons. The quantitative estimate of drug-likeness (QED) is 0.894. The number of sulfone groups is 1. The Bertz CT molecular complexity index is 725. The van der Waals surface area contributed by atoms with Crippen LogP contribution in [0.5, 0.6) is 0 Å². The Morgan fingerprint density at radius 1 is 1.38 bits per heavy atom. The number of rotatable bonds is 5. The highest BCUT2D eigenvalue weighted by atomic mass is 32.2. The summed E-state index contributed by atoms with van der Waals surface area (Å²) in [5.41, 5.74) is 0.464. The van der Waals surface area contributed by atoms with Crippen molar-refractivity contribution in [3.63, 3.8) is 0 Å². The predicted molar refractivity (Wildman–Crippen MR) is 74.3 cm³/mol. The van der Waals surface area contributed by atoms with Gasteiger partial charge in [-0.3, -0.25) is 9.78 Å². The minimum atomic E-state index is -3.50. The summed E-state index contributed by atoms with van der Waals surface area (Å²) in [6.45, 7) is 1.85. The molecule has 1 N–H and O–H groups in total. The van der Waals surface area contributed by atoms with Gasteiger partial charge in [0, 0.05) is 24.2 Å². The van der Waals surface area contributed by atoms with Crippen LogP contribution < -0.4 is 5.32 Å². The van der Waals surface area contributed by atoms with E-state index >= 15 is 0 Å². The lowest BCUT2D eigenvalue weighted by Gasteiger charge is -2.13. The number of oxazole rings is 1. The first-order valence-electron chi connectivity index (χ1n) is 6.28. The normalized spacial score (nSPS) is 12.9. The zero-order valence-electron chi connectivity index (χ0n) is 11.6. The van der Waals surface area contributed by atoms with Crippen LogP contribution in [0.15, 0.2) is 40.4 Å². The number of hydrogen-bond donors (Lipinski definition) is 1. The Labute approximate surface area is 122 Å². The summed E-state index contributed by atoms with van der Waals surface area (Å²) in [7, 11) is -3.50. The maximum Gasteiger partial charge on any atom is 0.314 e. The van der Waals surface area contributed by atoms with Gasteiger partial charge < -0.3 is 9.73 Å². The number of aromatic nitrogens is 2. The Balaban J connectivity index is 2.17. The number of nitrogens with one attached hydrogen (secondary N) is 1. The Hall–Kier alpha value is -2.22. The van der Waals surface area contributed by atoms with Gasteiger partial charge in [-0.25, -0.2) is 13.4 Å². The summed E-state index contributed by atoms with van der Waals surface area (Å²) in [6, 6.07) is 2.73. The molecule has 0 radical (unpaired) electrons. The average Bonchev–Trinajstić information content (AvgIpc) is 2.95. The van der Waals surface area contributed by atoms with Gasteiger partial charge in [-0.05, 0) is 18.6 Å². The molecule has 1 atom stereocenters. The minimum absolute atomic E-state index is 0.290. The summed E-state index contributed by atoms with van der Waals surface area (Å²) in [6.07, 6.45) is 5.91. The molecule has 0 bridgehead atoms. The molecule has 0 saturated carbocycles. The number of carbonyl (C=O) groups is 1. The molecule has 2 aromatic heterocycles. The molecule has 0 aliphatic heterocycles. The molecular formula is C13H15N3O4S. The SMILES string of the molecule is CC[C@H](NC(=O)c1ccncc1)c1cnc(S(C)(=O)=O)o1. The Morgan fingerprint density at radius 3 is 2.57 bits per heavy atom. The van der Waals surface area contributed by atoms with Crippen LogP contribution in [0.2, 0.25) is 0 Å². The maximum atomic E-state index is 12.1. The first-order valence-corrected chi connectivity index (χ1v) is 8.17. The predicted octanol–water partition coefficient (Wildman–Crippen LogP) is 1.35. The van der Waals surface area contributed by atoms with Gasteiger partial charge in [0.15, 0.2) is 0 Å². The summed E-state index contributed by atoms with van der Waals surface area (Å²) < 4.78 is 27.9. The first-order chi connectivity index (χ1) is 9.91. The standard InChI is InChI=1S/C13H15N3O4S/c1-3-10(11-8-15-13(20-11)21(2,18)19)16-12(17)9-4-6-14-7-5-9/h4-8,10H,3H2,1-2H3,(H,16,17)/t10-/m0/s1. The smallest absolute Gasteiger partial charge is 0.314 e. The van der Waals surface area contributed by atoms with Gasteiger partial charge in [-0.2, -0.15) is 0 Å². The van der Waals surface area contributed by atoms with Gasteiger partial charge in [0.25, 0.3) is 5.91 Å². The molecule has 8 heteroatoms. The lowest BCUT2D eigenvalue weighted by atomic mass is 10.1. The molecule has 21 heavy (non-hydrogen) atoms. The largest absolute Gasteiger partial charge is 0.431 e. The second kappa shape index (κ2) is 6.04. The highest BCUT2D eigenvalue weighted by Gasteiger charge is 2.21. The minimum Gasteiger partial charge on any atom is -0.431 e. The van der Waals surface area contributed by atoms with E-state index in [2.05, 4.69) is 15.3 Å². The molecule has 0 saturated heterocycles. The Kier molecular flexibility index (Phi) is 4.37. The topological polar surface area (TPSA) is 102 Å². The lowest BCUT2D eigenvalue weighted by molar-refractivity contribution is 0.0929. The average molecular weight is 309 g/mol. The molecule has 7 nitrogen and oxygen atoms in total. The molecule has 0 spiro atoms. The second-order valence-electron chi connectivity index (χ2n) is 4.47. The van der Waals surface area contributed by atoms with Gasteiger partial charge in [0.05, 0.1) is 12.2 Å². The van der Waals surface area contributed by atoms with Crippen LogP contribution in [0.4, 0.5) is 0 Å². The fourth-order valence-electron chi connectivity index (χ4n) is 1.72. The Morgan fingerprint density at radius 2 is 2.05 bits per heavy atom. The summed E-state index contributed by atoms with van der Waals surface area (Å²) in [5, 5.41) is 2.42. The van der Waals surface area contributed by atoms with Crippen molar-refractivity contribution < 1.29 is 17.6 Å². The highest BCUT2D eigenvalue weighted by Crippen LogP contribution is 2.20. The van der Waals surface area contributed by atoms with Crippen molar-refractivity contribution in [3.8, 4) is 0 Å². The van der Waals surface area contributed by atoms with Crippen LogP contribution in [-0.2, 0) is 9.84 Å². The second-order valence-corrected chi connectivity index (χ2v) is 6.36. The third-order valence-electron chi connectivity index (χ3n) is 2.82. The summed E-state index contributed by atoms with van der Waals surface area (Å²) in [4.78, 5) is 19.6. The van der Waals surface area contributed by atoms with Crippen molar-refractivity contribution in [2.45, 2.75) is 24.6 Å². The van der Waals surface area contributed by atoms with E-state index in [4.69, 9.17) is 4.42 Å². The summed E-state index contributed by atoms with van der Waals surface area (Å²) in [5.74, 6) is 0.0156. The van der Waals surface area contributed by atoms with Gasteiger partial charge in [0.2, 0.25) is 9.84 Å². The van der Waals surface area contributed by atoms with Crippen molar-refractivity contribution >= 4 is 15.7 Å². The molecule has 0 unspecified atom stereocenters. The number of pyridine rings is 1. The van der Waals surface area contributed by atoms with Crippen molar-refractivity contribution in [2.75, 3.05) is 6.26 Å². The van der Waals surface area contributed by atoms with E-state index in [1.807, 2.05) is 6.92 Å². The molecule has 2 rings (SSSR count). The van der Waals surface area contributed by atoms with E-state index in [1.54, 1.807) is 12.1 Å². The fourth-order valence-corrected chi connectivity index (χ4v) is 2.21. The molecule has 1 amide bonds. The molecule has 0 fully saturated rings. The molecule has 2 aromatic rings. The maximum absolute atomic E-state index is 12.1. The van der Waals surface area contributed by atoms with Crippen molar-refractivity contribution in [1.82, 2.24) is 15.3 Å². The zero-order valence-corrected chi connectivity index (χ0v) is 12.4. The van der Waals surface area contributed by atoms with Crippen LogP contribution in [0, 0.1) is 0 Å². The molecule has 0 aliphatic rings. The van der Waals surface area contributed by atoms with Crippen molar-refractivity contribution in [1.29, 1.82) is 0 Å². The number of carbonyl (C=O) groups excluding carboxylic acids is 1. The van der Waals surface area contributed by atoms with E-state index in [9.17, 15) is 13.2 Å². The monoisotopic (exact) mass is 309 g/mol. The van der Waals surface area contributed by atoms with Crippen LogP contribution in [0.3, 0.4) is 0 Å². The third-order valence-corrected chi connectivity index (χ3v) is 3.64. The van der Waals surface area contributed by atoms with Gasteiger partial charge >= 0.3 is 5.22 Å². The molecular weight excluding hydrogens is 294 g/mol. The number of nitrogens with zero attached hydrogens (tertiary/aromatic N) is 2. The van der Waals surface area contributed by atoms with E-state index < -0.39 is 15.9 Å². The van der Waals surface area contributed by atoms with Crippen molar-refractivity contribution in [2.24, 2.45) is 0 Å². The van der Waals surface area contributed by atoms with Crippen LogP contribution in [0.25, 0.3) is 0 Å². The van der Waals surface area contributed by atoms with Gasteiger partial charge in [0.1, 0.15) is 5.76 Å². The van der Waals surface area contributed by atoms with E-state index in [0.29, 0.717) is 17.7 Å². The lowest BCUT2D eigenvalue weighted by Crippen LogP contribution is -2.27. The van der Waals surface area contributed by atoms with Crippen molar-refractivity contribution in [3.05, 3.63) is 42.0 Å². The van der Waals surface area contributed by atoms with E-state index in [1.165, 1.54) is 18.6 Å². The van der Waals surface area contributed by atoms with Crippen LogP contribution >= 0.6 is 0 Å². The van der Waals surface area contributed by atoms with Gasteiger partial charge in [-0.1, -0.05) is 6.92 Å². The highest BCUT2D eigenvalue weighted by molar-refractivity contribution is 7.90. The first kappa shape index (κ1) is 15.2. The van der Waals surface area contributed by atoms with E-state index in [0.717, 1.165) is 6.26 Å². The summed E-state index contributed by atoms with van der Waals surface area (Å²) >= 11 is 0. The molecule has 2 heterocycles. The zero-order chi connectivity index (χ0) is 15.5. The molecule has 0 aliphatic carbocycles.